The molecule has 1 amide bonds. The van der Waals surface area contributed by atoms with Crippen molar-refractivity contribution in [2.75, 3.05) is 22.7 Å². The SMILES string of the molecule is CSc1ncc2c(n1)N(c1ccccc1)CN(c1c(Cl)cccc1Cl)C2=O. The first kappa shape index (κ1) is 18.1. The van der Waals surface area contributed by atoms with Crippen molar-refractivity contribution in [3.05, 3.63) is 70.3 Å². The van der Waals surface area contributed by atoms with E-state index < -0.39 is 0 Å². The maximum absolute atomic E-state index is 13.2. The number of fused-ring (bicyclic) bond motifs is 1. The molecular weight excluding hydrogens is 403 g/mol. The summed E-state index contributed by atoms with van der Waals surface area (Å²) in [5, 5.41) is 1.43. The predicted molar refractivity (Wildman–Crippen MR) is 111 cm³/mol. The molecule has 0 saturated heterocycles. The fraction of sp³-hybridized carbons (Fsp3) is 0.105. The number of aromatic nitrogens is 2. The van der Waals surface area contributed by atoms with Crippen molar-refractivity contribution in [1.82, 2.24) is 9.97 Å². The van der Waals surface area contributed by atoms with Gasteiger partial charge in [-0.05, 0) is 30.5 Å². The molecule has 2 aromatic carbocycles. The van der Waals surface area contributed by atoms with E-state index in [1.165, 1.54) is 11.8 Å². The van der Waals surface area contributed by atoms with Crippen LogP contribution < -0.4 is 9.80 Å². The number of nitrogens with zero attached hydrogens (tertiary/aromatic N) is 4. The lowest BCUT2D eigenvalue weighted by atomic mass is 10.1. The van der Waals surface area contributed by atoms with Crippen LogP contribution in [0.2, 0.25) is 10.0 Å². The summed E-state index contributed by atoms with van der Waals surface area (Å²) in [6.45, 7) is 0.240. The van der Waals surface area contributed by atoms with Crippen LogP contribution in [0.15, 0.2) is 59.9 Å². The Morgan fingerprint density at radius 2 is 1.70 bits per heavy atom. The first-order valence-corrected chi connectivity index (χ1v) is 10.1. The minimum Gasteiger partial charge on any atom is -0.307 e. The van der Waals surface area contributed by atoms with Crippen LogP contribution in [0.5, 0.6) is 0 Å². The van der Waals surface area contributed by atoms with Gasteiger partial charge in [0.05, 0.1) is 15.7 Å². The van der Waals surface area contributed by atoms with Crippen LogP contribution in [-0.4, -0.2) is 28.8 Å². The van der Waals surface area contributed by atoms with Gasteiger partial charge in [0.15, 0.2) is 11.0 Å². The lowest BCUT2D eigenvalue weighted by Gasteiger charge is -2.37. The smallest absolute Gasteiger partial charge is 0.265 e. The van der Waals surface area contributed by atoms with Gasteiger partial charge in [0, 0.05) is 11.9 Å². The number of carbonyl (C=O) groups is 1. The summed E-state index contributed by atoms with van der Waals surface area (Å²) in [6.07, 6.45) is 3.46. The Bertz CT molecular complexity index is 996. The van der Waals surface area contributed by atoms with E-state index in [-0.39, 0.29) is 12.6 Å². The molecule has 3 aromatic rings. The van der Waals surface area contributed by atoms with Crippen molar-refractivity contribution in [3.8, 4) is 0 Å². The maximum Gasteiger partial charge on any atom is 0.265 e. The van der Waals surface area contributed by atoms with Crippen LogP contribution in [-0.2, 0) is 0 Å². The monoisotopic (exact) mass is 416 g/mol. The average molecular weight is 417 g/mol. The van der Waals surface area contributed by atoms with Crippen LogP contribution in [0.25, 0.3) is 0 Å². The number of benzene rings is 2. The molecule has 5 nitrogen and oxygen atoms in total. The zero-order valence-electron chi connectivity index (χ0n) is 14.3. The van der Waals surface area contributed by atoms with Gasteiger partial charge in [0.25, 0.3) is 5.91 Å². The van der Waals surface area contributed by atoms with Crippen molar-refractivity contribution in [1.29, 1.82) is 0 Å². The summed E-state index contributed by atoms with van der Waals surface area (Å²) in [5.74, 6) is 0.338. The number of carbonyl (C=O) groups excluding carboxylic acids is 1. The van der Waals surface area contributed by atoms with E-state index in [4.69, 9.17) is 23.2 Å². The Kier molecular flexibility index (Phi) is 4.95. The molecule has 1 aliphatic rings. The van der Waals surface area contributed by atoms with E-state index >= 15 is 0 Å². The first-order valence-electron chi connectivity index (χ1n) is 8.09. The predicted octanol–water partition coefficient (Wildman–Crippen LogP) is 5.26. The average Bonchev–Trinajstić information content (AvgIpc) is 2.69. The lowest BCUT2D eigenvalue weighted by molar-refractivity contribution is 0.0982. The highest BCUT2D eigenvalue weighted by molar-refractivity contribution is 7.98. The van der Waals surface area contributed by atoms with E-state index in [9.17, 15) is 4.79 Å². The summed E-state index contributed by atoms with van der Waals surface area (Å²) in [7, 11) is 0. The molecule has 0 saturated carbocycles. The highest BCUT2D eigenvalue weighted by atomic mass is 35.5. The lowest BCUT2D eigenvalue weighted by Crippen LogP contribution is -2.45. The van der Waals surface area contributed by atoms with Crippen LogP contribution >= 0.6 is 35.0 Å². The zero-order chi connectivity index (χ0) is 19.0. The van der Waals surface area contributed by atoms with Gasteiger partial charge in [0.2, 0.25) is 0 Å². The molecule has 0 aliphatic carbocycles. The number of anilines is 3. The molecule has 4 rings (SSSR count). The summed E-state index contributed by atoms with van der Waals surface area (Å²) in [4.78, 5) is 25.6. The molecule has 0 spiro atoms. The Hall–Kier alpha value is -2.28. The number of para-hydroxylation sites is 2. The quantitative estimate of drug-likeness (QED) is 0.430. The van der Waals surface area contributed by atoms with Crippen LogP contribution in [0.4, 0.5) is 17.2 Å². The van der Waals surface area contributed by atoms with Crippen molar-refractivity contribution in [3.63, 3.8) is 0 Å². The van der Waals surface area contributed by atoms with E-state index in [2.05, 4.69) is 9.97 Å². The van der Waals surface area contributed by atoms with Gasteiger partial charge in [-0.1, -0.05) is 59.2 Å². The Morgan fingerprint density at radius 1 is 1.00 bits per heavy atom. The molecule has 1 aromatic heterocycles. The summed E-state index contributed by atoms with van der Waals surface area (Å²) < 4.78 is 0. The maximum atomic E-state index is 13.2. The molecular formula is C19H14Cl2N4OS. The summed E-state index contributed by atoms with van der Waals surface area (Å²) in [5.41, 5.74) is 1.79. The molecule has 0 atom stereocenters. The van der Waals surface area contributed by atoms with Gasteiger partial charge in [-0.25, -0.2) is 9.97 Å². The van der Waals surface area contributed by atoms with E-state index in [0.29, 0.717) is 32.3 Å². The fourth-order valence-corrected chi connectivity index (χ4v) is 3.90. The first-order chi connectivity index (χ1) is 13.1. The van der Waals surface area contributed by atoms with Crippen molar-refractivity contribution in [2.45, 2.75) is 5.16 Å². The number of hydrogen-bond acceptors (Lipinski definition) is 5. The van der Waals surface area contributed by atoms with Gasteiger partial charge >= 0.3 is 0 Å². The number of hydrogen-bond donors (Lipinski definition) is 0. The van der Waals surface area contributed by atoms with Crippen LogP contribution in [0, 0.1) is 0 Å². The topological polar surface area (TPSA) is 49.3 Å². The molecule has 0 bridgehead atoms. The van der Waals surface area contributed by atoms with Crippen molar-refractivity contribution in [2.24, 2.45) is 0 Å². The number of rotatable bonds is 3. The van der Waals surface area contributed by atoms with Gasteiger partial charge in [0.1, 0.15) is 12.2 Å². The third-order valence-electron chi connectivity index (χ3n) is 4.22. The second kappa shape index (κ2) is 7.38. The molecule has 0 unspecified atom stereocenters. The second-order valence-electron chi connectivity index (χ2n) is 5.80. The largest absolute Gasteiger partial charge is 0.307 e. The van der Waals surface area contributed by atoms with Crippen molar-refractivity contribution < 1.29 is 4.79 Å². The molecule has 2 heterocycles. The van der Waals surface area contributed by atoms with Gasteiger partial charge in [-0.15, -0.1) is 0 Å². The van der Waals surface area contributed by atoms with Gasteiger partial charge in [-0.3, -0.25) is 9.69 Å². The van der Waals surface area contributed by atoms with Gasteiger partial charge < -0.3 is 4.90 Å². The third-order valence-corrected chi connectivity index (χ3v) is 5.39. The molecule has 8 heteroatoms. The molecule has 0 fully saturated rings. The number of amides is 1. The minimum atomic E-state index is -0.236. The highest BCUT2D eigenvalue weighted by Gasteiger charge is 2.34. The molecule has 27 heavy (non-hydrogen) atoms. The Morgan fingerprint density at radius 3 is 2.37 bits per heavy atom. The van der Waals surface area contributed by atoms with Gasteiger partial charge in [-0.2, -0.15) is 0 Å². The number of thioether (sulfide) groups is 1. The minimum absolute atomic E-state index is 0.236. The van der Waals surface area contributed by atoms with Crippen molar-refractivity contribution >= 4 is 58.1 Å². The molecule has 0 N–H and O–H groups in total. The fourth-order valence-electron chi connectivity index (χ4n) is 2.96. The van der Waals surface area contributed by atoms with E-state index in [1.807, 2.05) is 41.5 Å². The standard InChI is InChI=1S/C19H14Cl2N4OS/c1-27-19-22-10-13-17(23-19)24(12-6-3-2-4-7-12)11-25(18(13)26)16-14(20)8-5-9-15(16)21/h2-10H,11H2,1H3. The highest BCUT2D eigenvalue weighted by Crippen LogP contribution is 2.40. The summed E-state index contributed by atoms with van der Waals surface area (Å²) in [6, 6.07) is 14.9. The molecule has 136 valence electrons. The Labute approximate surface area is 170 Å². The Balaban J connectivity index is 1.90. The summed E-state index contributed by atoms with van der Waals surface area (Å²) >= 11 is 14.2. The normalized spacial score (nSPS) is 13.7. The molecule has 1 aliphatic heterocycles. The van der Waals surface area contributed by atoms with Crippen LogP contribution in [0.1, 0.15) is 10.4 Å². The zero-order valence-corrected chi connectivity index (χ0v) is 16.6. The second-order valence-corrected chi connectivity index (χ2v) is 7.39. The van der Waals surface area contributed by atoms with E-state index in [0.717, 1.165) is 5.69 Å². The third kappa shape index (κ3) is 3.25. The number of halogens is 2. The van der Waals surface area contributed by atoms with Crippen LogP contribution in [0.3, 0.4) is 0 Å². The van der Waals surface area contributed by atoms with E-state index in [1.54, 1.807) is 29.3 Å². The molecule has 0 radical (unpaired) electrons.